The zero-order chi connectivity index (χ0) is 14.5. The van der Waals surface area contributed by atoms with E-state index in [0.717, 1.165) is 31.7 Å². The summed E-state index contributed by atoms with van der Waals surface area (Å²) in [6.07, 6.45) is 2.33. The van der Waals surface area contributed by atoms with Gasteiger partial charge in [-0.15, -0.1) is 0 Å². The van der Waals surface area contributed by atoms with Gasteiger partial charge in [-0.25, -0.2) is 4.39 Å². The molecule has 1 aromatic carbocycles. The Morgan fingerprint density at radius 2 is 2.30 bits per heavy atom. The molecule has 3 nitrogen and oxygen atoms in total. The van der Waals surface area contributed by atoms with Crippen LogP contribution in [0.1, 0.15) is 30.0 Å². The summed E-state index contributed by atoms with van der Waals surface area (Å²) in [6.45, 7) is 4.91. The van der Waals surface area contributed by atoms with E-state index in [4.69, 9.17) is 10.5 Å². The van der Waals surface area contributed by atoms with Gasteiger partial charge in [-0.05, 0) is 49.9 Å². The van der Waals surface area contributed by atoms with Gasteiger partial charge in [-0.1, -0.05) is 12.1 Å². The lowest BCUT2D eigenvalue weighted by Crippen LogP contribution is -2.36. The predicted octanol–water partition coefficient (Wildman–Crippen LogP) is 2.49. The lowest BCUT2D eigenvalue weighted by molar-refractivity contribution is 0.0365. The number of benzene rings is 1. The zero-order valence-electron chi connectivity index (χ0n) is 12.4. The molecule has 1 aliphatic heterocycles. The lowest BCUT2D eigenvalue weighted by atomic mass is 9.99. The molecule has 20 heavy (non-hydrogen) atoms. The molecule has 1 aliphatic rings. The Balaban J connectivity index is 2.03. The van der Waals surface area contributed by atoms with Crippen LogP contribution >= 0.6 is 0 Å². The second kappa shape index (κ2) is 7.16. The third kappa shape index (κ3) is 3.78. The van der Waals surface area contributed by atoms with Gasteiger partial charge in [0.2, 0.25) is 0 Å². The minimum atomic E-state index is -0.157. The third-order valence-electron chi connectivity index (χ3n) is 4.14. The first kappa shape index (κ1) is 15.4. The lowest BCUT2D eigenvalue weighted by Gasteiger charge is -2.32. The monoisotopic (exact) mass is 280 g/mol. The van der Waals surface area contributed by atoms with Gasteiger partial charge in [0.15, 0.2) is 0 Å². The number of hydrogen-bond donors (Lipinski definition) is 1. The van der Waals surface area contributed by atoms with E-state index in [1.807, 2.05) is 12.1 Å². The van der Waals surface area contributed by atoms with E-state index in [1.54, 1.807) is 13.0 Å². The van der Waals surface area contributed by atoms with Crippen LogP contribution in [0.25, 0.3) is 0 Å². The van der Waals surface area contributed by atoms with Crippen LogP contribution in [0.15, 0.2) is 18.2 Å². The molecule has 0 radical (unpaired) electrons. The first-order chi connectivity index (χ1) is 9.61. The number of rotatable bonds is 5. The second-order valence-electron chi connectivity index (χ2n) is 5.78. The van der Waals surface area contributed by atoms with Gasteiger partial charge in [0.1, 0.15) is 5.82 Å². The molecule has 0 spiro atoms. The van der Waals surface area contributed by atoms with Crippen LogP contribution in [0.2, 0.25) is 0 Å². The van der Waals surface area contributed by atoms with E-state index < -0.39 is 0 Å². The maximum atomic E-state index is 13.7. The molecule has 0 saturated carbocycles. The van der Waals surface area contributed by atoms with Crippen LogP contribution in [0.5, 0.6) is 0 Å². The number of likely N-dealkylation sites (N-methyl/N-ethyl adjacent to an activating group) is 1. The van der Waals surface area contributed by atoms with E-state index in [0.29, 0.717) is 18.0 Å². The quantitative estimate of drug-likeness (QED) is 0.900. The molecule has 1 heterocycles. The minimum absolute atomic E-state index is 0.0621. The molecule has 2 N–H and O–H groups in total. The van der Waals surface area contributed by atoms with Crippen molar-refractivity contribution in [2.75, 3.05) is 33.4 Å². The predicted molar refractivity (Wildman–Crippen MR) is 79.1 cm³/mol. The maximum absolute atomic E-state index is 13.7. The molecule has 2 unspecified atom stereocenters. The van der Waals surface area contributed by atoms with Crippen molar-refractivity contribution in [1.82, 2.24) is 4.90 Å². The van der Waals surface area contributed by atoms with Gasteiger partial charge >= 0.3 is 0 Å². The van der Waals surface area contributed by atoms with E-state index >= 15 is 0 Å². The molecule has 0 aromatic heterocycles. The van der Waals surface area contributed by atoms with Crippen LogP contribution in [-0.4, -0.2) is 38.3 Å². The summed E-state index contributed by atoms with van der Waals surface area (Å²) in [6, 6.07) is 5.47. The van der Waals surface area contributed by atoms with Crippen molar-refractivity contribution in [2.24, 2.45) is 11.7 Å². The Morgan fingerprint density at radius 1 is 1.50 bits per heavy atom. The van der Waals surface area contributed by atoms with Crippen LogP contribution < -0.4 is 5.73 Å². The molecular formula is C16H25FN2O. The Labute approximate surface area is 120 Å². The fourth-order valence-corrected chi connectivity index (χ4v) is 2.87. The number of nitrogens with zero attached hydrogens (tertiary/aromatic N) is 1. The van der Waals surface area contributed by atoms with Crippen molar-refractivity contribution >= 4 is 0 Å². The third-order valence-corrected chi connectivity index (χ3v) is 4.14. The Morgan fingerprint density at radius 3 is 2.90 bits per heavy atom. The molecule has 1 saturated heterocycles. The maximum Gasteiger partial charge on any atom is 0.126 e. The van der Waals surface area contributed by atoms with E-state index in [1.165, 1.54) is 6.42 Å². The van der Waals surface area contributed by atoms with Crippen molar-refractivity contribution in [3.05, 3.63) is 35.1 Å². The number of ether oxygens (including phenoxy) is 1. The summed E-state index contributed by atoms with van der Waals surface area (Å²) >= 11 is 0. The first-order valence-electron chi connectivity index (χ1n) is 7.36. The highest BCUT2D eigenvalue weighted by Gasteiger charge is 2.21. The van der Waals surface area contributed by atoms with Gasteiger partial charge < -0.3 is 10.5 Å². The number of hydrogen-bond acceptors (Lipinski definition) is 3. The SMILES string of the molecule is Cc1ccc(C(CN)N(C)CC2CCCOC2)cc1F. The van der Waals surface area contributed by atoms with Crippen molar-refractivity contribution in [3.8, 4) is 0 Å². The highest BCUT2D eigenvalue weighted by Crippen LogP contribution is 2.23. The summed E-state index contributed by atoms with van der Waals surface area (Å²) < 4.78 is 19.2. The molecule has 112 valence electrons. The Kier molecular flexibility index (Phi) is 5.52. The van der Waals surface area contributed by atoms with Crippen molar-refractivity contribution in [2.45, 2.75) is 25.8 Å². The molecule has 1 aromatic rings. The molecule has 2 atom stereocenters. The fourth-order valence-electron chi connectivity index (χ4n) is 2.87. The topological polar surface area (TPSA) is 38.5 Å². The fraction of sp³-hybridized carbons (Fsp3) is 0.625. The highest BCUT2D eigenvalue weighted by atomic mass is 19.1. The molecule has 0 aliphatic carbocycles. The minimum Gasteiger partial charge on any atom is -0.381 e. The smallest absolute Gasteiger partial charge is 0.126 e. The summed E-state index contributed by atoms with van der Waals surface area (Å²) in [5, 5.41) is 0. The van der Waals surface area contributed by atoms with Crippen LogP contribution in [0.4, 0.5) is 4.39 Å². The molecule has 4 heteroatoms. The van der Waals surface area contributed by atoms with Gasteiger partial charge in [0.05, 0.1) is 6.61 Å². The Hall–Kier alpha value is -0.970. The largest absolute Gasteiger partial charge is 0.381 e. The van der Waals surface area contributed by atoms with Gasteiger partial charge in [-0.2, -0.15) is 0 Å². The van der Waals surface area contributed by atoms with E-state index in [2.05, 4.69) is 11.9 Å². The molecule has 0 bridgehead atoms. The normalized spacial score (nSPS) is 21.1. The molecule has 2 rings (SSSR count). The van der Waals surface area contributed by atoms with Crippen LogP contribution in [-0.2, 0) is 4.74 Å². The van der Waals surface area contributed by atoms with Crippen LogP contribution in [0, 0.1) is 18.7 Å². The summed E-state index contributed by atoms with van der Waals surface area (Å²) in [5.41, 5.74) is 7.53. The van der Waals surface area contributed by atoms with E-state index in [9.17, 15) is 4.39 Å². The zero-order valence-corrected chi connectivity index (χ0v) is 12.4. The van der Waals surface area contributed by atoms with Gasteiger partial charge in [0, 0.05) is 25.7 Å². The van der Waals surface area contributed by atoms with E-state index in [-0.39, 0.29) is 11.9 Å². The van der Waals surface area contributed by atoms with Crippen molar-refractivity contribution in [1.29, 1.82) is 0 Å². The first-order valence-corrected chi connectivity index (χ1v) is 7.36. The standard InChI is InChI=1S/C16H25FN2O/c1-12-5-6-14(8-15(12)17)16(9-18)19(2)10-13-4-3-7-20-11-13/h5-6,8,13,16H,3-4,7,9-11,18H2,1-2H3. The van der Waals surface area contributed by atoms with Gasteiger partial charge in [-0.3, -0.25) is 4.90 Å². The molecule has 0 amide bonds. The average Bonchev–Trinajstić information content (AvgIpc) is 2.44. The van der Waals surface area contributed by atoms with Crippen molar-refractivity contribution in [3.63, 3.8) is 0 Å². The number of halogens is 1. The summed E-state index contributed by atoms with van der Waals surface area (Å²) in [7, 11) is 2.06. The average molecular weight is 280 g/mol. The summed E-state index contributed by atoms with van der Waals surface area (Å²) in [5.74, 6) is 0.397. The highest BCUT2D eigenvalue weighted by molar-refractivity contribution is 5.26. The summed E-state index contributed by atoms with van der Waals surface area (Å²) in [4.78, 5) is 2.23. The molecule has 1 fully saturated rings. The van der Waals surface area contributed by atoms with Gasteiger partial charge in [0.25, 0.3) is 0 Å². The number of nitrogens with two attached hydrogens (primary N) is 1. The van der Waals surface area contributed by atoms with Crippen molar-refractivity contribution < 1.29 is 9.13 Å². The van der Waals surface area contributed by atoms with Crippen LogP contribution in [0.3, 0.4) is 0 Å². The number of aryl methyl sites for hydroxylation is 1. The second-order valence-corrected chi connectivity index (χ2v) is 5.78. The Bertz CT molecular complexity index is 432. The molecular weight excluding hydrogens is 255 g/mol.